The number of nitrogens with zero attached hydrogens (tertiary/aromatic N) is 8. The number of benzene rings is 2. The minimum Gasteiger partial charge on any atom is -0.508 e. The number of nitrogens with one attached hydrogen (secondary N) is 1. The lowest BCUT2D eigenvalue weighted by atomic mass is 10.0. The van der Waals surface area contributed by atoms with Crippen molar-refractivity contribution in [1.82, 2.24) is 34.4 Å². The summed E-state index contributed by atoms with van der Waals surface area (Å²) in [5, 5.41) is 22.6. The zero-order valence-electron chi connectivity index (χ0n) is 24.4. The molecule has 4 N–H and O–H groups in total. The van der Waals surface area contributed by atoms with Gasteiger partial charge in [-0.25, -0.2) is 24.9 Å². The van der Waals surface area contributed by atoms with E-state index in [0.717, 1.165) is 60.5 Å². The molecule has 0 atom stereocenters. The highest BCUT2D eigenvalue weighted by atomic mass is 16.3. The maximum Gasteiger partial charge on any atom is 0.234 e. The summed E-state index contributed by atoms with van der Waals surface area (Å²) in [6.07, 6.45) is 5.23. The molecule has 1 saturated heterocycles. The van der Waals surface area contributed by atoms with Gasteiger partial charge in [0, 0.05) is 49.3 Å². The van der Waals surface area contributed by atoms with Gasteiger partial charge in [-0.05, 0) is 73.0 Å². The molecule has 0 unspecified atom stereocenters. The number of phenolic OH excluding ortho intramolecular Hbond substituents is 1. The van der Waals surface area contributed by atoms with Crippen LogP contribution in [0.1, 0.15) is 24.2 Å². The van der Waals surface area contributed by atoms with E-state index in [-0.39, 0.29) is 11.6 Å². The van der Waals surface area contributed by atoms with E-state index in [4.69, 9.17) is 21.0 Å². The first-order valence-electron chi connectivity index (χ1n) is 14.8. The second kappa shape index (κ2) is 12.0. The van der Waals surface area contributed by atoms with Gasteiger partial charge < -0.3 is 16.2 Å². The van der Waals surface area contributed by atoms with Crippen LogP contribution in [0, 0.1) is 11.3 Å². The summed E-state index contributed by atoms with van der Waals surface area (Å²) in [5.74, 6) is 2.10. The van der Waals surface area contributed by atoms with Gasteiger partial charge in [0.05, 0.1) is 11.3 Å². The highest BCUT2D eigenvalue weighted by Crippen LogP contribution is 2.32. The van der Waals surface area contributed by atoms with Crippen molar-refractivity contribution in [1.29, 1.82) is 5.26 Å². The Morgan fingerprint density at radius 1 is 0.911 bits per heavy atom. The van der Waals surface area contributed by atoms with Gasteiger partial charge in [0.15, 0.2) is 11.5 Å². The van der Waals surface area contributed by atoms with E-state index in [1.807, 2.05) is 41.0 Å². The summed E-state index contributed by atoms with van der Waals surface area (Å²) in [5.41, 5.74) is 12.1. The van der Waals surface area contributed by atoms with Crippen LogP contribution in [0.2, 0.25) is 0 Å². The number of nitriles is 1. The van der Waals surface area contributed by atoms with Crippen LogP contribution in [-0.2, 0) is 6.54 Å². The van der Waals surface area contributed by atoms with E-state index in [2.05, 4.69) is 49.4 Å². The summed E-state index contributed by atoms with van der Waals surface area (Å²) in [4.78, 5) is 24.9. The first-order chi connectivity index (χ1) is 22.0. The van der Waals surface area contributed by atoms with Gasteiger partial charge in [-0.2, -0.15) is 5.26 Å². The highest BCUT2D eigenvalue weighted by Gasteiger charge is 2.21. The molecule has 11 nitrogen and oxygen atoms in total. The third kappa shape index (κ3) is 5.87. The molecular weight excluding hydrogens is 564 g/mol. The fourth-order valence-electron chi connectivity index (χ4n) is 5.76. The monoisotopic (exact) mass is 594 g/mol. The fourth-order valence-corrected chi connectivity index (χ4v) is 5.76. The molecule has 0 bridgehead atoms. The fraction of sp³-hybridized carbons (Fsp3) is 0.176. The molecule has 7 rings (SSSR count). The molecule has 11 heteroatoms. The number of nitrogens with two attached hydrogens (primary N) is 1. The Hall–Kier alpha value is -5.86. The van der Waals surface area contributed by atoms with Gasteiger partial charge in [-0.3, -0.25) is 9.47 Å². The predicted molar refractivity (Wildman–Crippen MR) is 172 cm³/mol. The van der Waals surface area contributed by atoms with Crippen molar-refractivity contribution >= 4 is 22.8 Å². The van der Waals surface area contributed by atoms with Crippen LogP contribution >= 0.6 is 0 Å². The normalized spacial score (nSPS) is 13.9. The maximum absolute atomic E-state index is 10.1. The molecule has 1 aliphatic heterocycles. The Kier molecular flexibility index (Phi) is 7.47. The van der Waals surface area contributed by atoms with Crippen molar-refractivity contribution in [2.75, 3.05) is 24.1 Å². The first-order valence-corrected chi connectivity index (χ1v) is 14.8. The molecule has 6 aromatic rings. The van der Waals surface area contributed by atoms with Gasteiger partial charge in [0.2, 0.25) is 5.82 Å². The second-order valence-corrected chi connectivity index (χ2v) is 11.0. The van der Waals surface area contributed by atoms with E-state index >= 15 is 0 Å². The SMILES string of the molecule is N#Cc1nccc(NC2CCN(Cc3ccc(-n4c(-c5cccnc5N)nc5ccc(-c6cccc(O)c6)nc54)cc3)CC2)n1. The number of fused-ring (bicyclic) bond motifs is 1. The number of aromatic nitrogens is 6. The van der Waals surface area contributed by atoms with E-state index in [1.165, 1.54) is 5.56 Å². The molecule has 1 aliphatic rings. The van der Waals surface area contributed by atoms with Gasteiger partial charge in [0.25, 0.3) is 0 Å². The van der Waals surface area contributed by atoms with Crippen LogP contribution in [0.4, 0.5) is 11.6 Å². The summed E-state index contributed by atoms with van der Waals surface area (Å²) in [6.45, 7) is 2.74. The molecule has 45 heavy (non-hydrogen) atoms. The first kappa shape index (κ1) is 27.9. The average molecular weight is 595 g/mol. The molecule has 0 saturated carbocycles. The number of nitrogen functional groups attached to an aromatic ring is 1. The van der Waals surface area contributed by atoms with Crippen LogP contribution in [0.25, 0.3) is 39.5 Å². The Bertz CT molecular complexity index is 2020. The number of piperidine rings is 1. The molecule has 4 aromatic heterocycles. The number of imidazole rings is 1. The van der Waals surface area contributed by atoms with Gasteiger partial charge in [-0.15, -0.1) is 0 Å². The molecule has 222 valence electrons. The molecular formula is C34H30N10O. The Morgan fingerprint density at radius 3 is 2.53 bits per heavy atom. The van der Waals surface area contributed by atoms with E-state index in [1.54, 1.807) is 36.7 Å². The zero-order valence-corrected chi connectivity index (χ0v) is 24.4. The number of pyridine rings is 2. The number of phenols is 1. The summed E-state index contributed by atoms with van der Waals surface area (Å²) >= 11 is 0. The lowest BCUT2D eigenvalue weighted by Crippen LogP contribution is -2.38. The number of hydrogen-bond donors (Lipinski definition) is 3. The molecule has 1 fully saturated rings. The summed E-state index contributed by atoms with van der Waals surface area (Å²) in [6, 6.07) is 27.2. The Labute approximate surface area is 259 Å². The third-order valence-electron chi connectivity index (χ3n) is 8.02. The topological polar surface area (TPSA) is 155 Å². The number of rotatable bonds is 7. The minimum atomic E-state index is 0.174. The highest BCUT2D eigenvalue weighted by molar-refractivity contribution is 5.84. The molecule has 0 aliphatic carbocycles. The smallest absolute Gasteiger partial charge is 0.234 e. The Morgan fingerprint density at radius 2 is 1.76 bits per heavy atom. The average Bonchev–Trinajstić information content (AvgIpc) is 3.45. The van der Waals surface area contributed by atoms with E-state index < -0.39 is 0 Å². The zero-order chi connectivity index (χ0) is 30.8. The molecule has 5 heterocycles. The van der Waals surface area contributed by atoms with Gasteiger partial charge in [-0.1, -0.05) is 24.3 Å². The third-order valence-corrected chi connectivity index (χ3v) is 8.02. The van der Waals surface area contributed by atoms with Crippen LogP contribution < -0.4 is 11.1 Å². The van der Waals surface area contributed by atoms with Gasteiger partial charge in [0.1, 0.15) is 29.0 Å². The number of likely N-dealkylation sites (tertiary alicyclic amines) is 1. The predicted octanol–water partition coefficient (Wildman–Crippen LogP) is 5.18. The maximum atomic E-state index is 10.1. The van der Waals surface area contributed by atoms with E-state index in [9.17, 15) is 5.11 Å². The van der Waals surface area contributed by atoms with Crippen LogP contribution in [0.5, 0.6) is 5.75 Å². The van der Waals surface area contributed by atoms with Crippen LogP contribution in [0.15, 0.2) is 91.3 Å². The van der Waals surface area contributed by atoms with Crippen molar-refractivity contribution in [3.05, 3.63) is 103 Å². The number of aromatic hydroxyl groups is 1. The van der Waals surface area contributed by atoms with Crippen molar-refractivity contribution in [3.8, 4) is 40.2 Å². The van der Waals surface area contributed by atoms with Gasteiger partial charge >= 0.3 is 0 Å². The largest absolute Gasteiger partial charge is 0.508 e. The number of anilines is 2. The van der Waals surface area contributed by atoms with E-state index in [0.29, 0.717) is 29.1 Å². The quantitative estimate of drug-likeness (QED) is 0.225. The number of hydrogen-bond acceptors (Lipinski definition) is 10. The van der Waals surface area contributed by atoms with Crippen LogP contribution in [-0.4, -0.2) is 58.6 Å². The standard InChI is InChI=1S/C34H30N10O/c35-20-31-37-16-12-30(42-31)39-24-13-17-43(18-14-24)21-22-6-8-25(9-7-22)44-33(27-5-2-15-38-32(27)36)41-29-11-10-28(40-34(29)44)23-3-1-4-26(45)19-23/h1-12,15-16,19,24,45H,13-14,17-18,21H2,(H2,36,38)(H,37,39,42). The summed E-state index contributed by atoms with van der Waals surface area (Å²) < 4.78 is 2.01. The lowest BCUT2D eigenvalue weighted by Gasteiger charge is -2.32. The van der Waals surface area contributed by atoms with Crippen molar-refractivity contribution in [3.63, 3.8) is 0 Å². The second-order valence-electron chi connectivity index (χ2n) is 11.0. The van der Waals surface area contributed by atoms with Crippen molar-refractivity contribution in [2.45, 2.75) is 25.4 Å². The Balaban J connectivity index is 1.13. The molecule has 0 amide bonds. The van der Waals surface area contributed by atoms with Crippen molar-refractivity contribution < 1.29 is 5.11 Å². The minimum absolute atomic E-state index is 0.174. The summed E-state index contributed by atoms with van der Waals surface area (Å²) in [7, 11) is 0. The molecule has 0 radical (unpaired) electrons. The molecule has 0 spiro atoms. The van der Waals surface area contributed by atoms with Crippen molar-refractivity contribution in [2.24, 2.45) is 0 Å². The molecule has 2 aromatic carbocycles. The lowest BCUT2D eigenvalue weighted by molar-refractivity contribution is 0.211. The van der Waals surface area contributed by atoms with Crippen LogP contribution in [0.3, 0.4) is 0 Å².